The lowest BCUT2D eigenvalue weighted by Gasteiger charge is -2.28. The Balaban J connectivity index is 1.62. The summed E-state index contributed by atoms with van der Waals surface area (Å²) in [5.41, 5.74) is 1.11. The average molecular weight is 338 g/mol. The monoisotopic (exact) mass is 338 g/mol. The largest absolute Gasteiger partial charge is 0.493 e. The fraction of sp³-hybridized carbons (Fsp3) is 0.500. The molecule has 0 amide bonds. The van der Waals surface area contributed by atoms with Crippen LogP contribution >= 0.6 is 0 Å². The van der Waals surface area contributed by atoms with Crippen molar-refractivity contribution in [1.29, 1.82) is 0 Å². The highest BCUT2D eigenvalue weighted by atomic mass is 19.3. The fourth-order valence-corrected chi connectivity index (χ4v) is 3.16. The third-order valence-electron chi connectivity index (χ3n) is 4.39. The maximum atomic E-state index is 13.4. The number of rotatable bonds is 4. The molecule has 0 aromatic heterocycles. The van der Waals surface area contributed by atoms with E-state index in [1.54, 1.807) is 25.3 Å². The van der Waals surface area contributed by atoms with Crippen LogP contribution in [0.5, 0.6) is 11.5 Å². The van der Waals surface area contributed by atoms with Gasteiger partial charge in [0, 0.05) is 18.4 Å². The van der Waals surface area contributed by atoms with E-state index in [0.29, 0.717) is 29.9 Å². The van der Waals surface area contributed by atoms with Gasteiger partial charge in [0.05, 0.1) is 19.3 Å². The van der Waals surface area contributed by atoms with E-state index in [1.807, 2.05) is 6.07 Å². The highest BCUT2D eigenvalue weighted by molar-refractivity contribution is 5.95. The van der Waals surface area contributed by atoms with Gasteiger partial charge in [-0.05, 0) is 30.9 Å². The Bertz CT molecular complexity index is 654. The summed E-state index contributed by atoms with van der Waals surface area (Å²) in [4.78, 5) is 12.2. The summed E-state index contributed by atoms with van der Waals surface area (Å²) in [5, 5.41) is 0. The van der Waals surface area contributed by atoms with Crippen LogP contribution < -0.4 is 9.47 Å². The second-order valence-electron chi connectivity index (χ2n) is 6.25. The van der Waals surface area contributed by atoms with Crippen LogP contribution in [0.4, 0.5) is 8.78 Å². The first-order chi connectivity index (χ1) is 11.5. The molecule has 1 aliphatic carbocycles. The normalized spacial score (nSPS) is 22.0. The minimum atomic E-state index is -2.64. The summed E-state index contributed by atoms with van der Waals surface area (Å²) >= 11 is 0. The summed E-state index contributed by atoms with van der Waals surface area (Å²) in [5.74, 6) is -2.26. The molecular formula is C18H20F2O4. The molecule has 0 radical (unpaired) electrons. The second-order valence-corrected chi connectivity index (χ2v) is 6.25. The molecule has 3 rings (SSSR count). The van der Waals surface area contributed by atoms with E-state index in [0.717, 1.165) is 5.56 Å². The molecule has 1 unspecified atom stereocenters. The Labute approximate surface area is 139 Å². The van der Waals surface area contributed by atoms with Gasteiger partial charge < -0.3 is 14.2 Å². The Morgan fingerprint density at radius 2 is 2.25 bits per heavy atom. The van der Waals surface area contributed by atoms with Crippen LogP contribution in [0.15, 0.2) is 23.8 Å². The zero-order chi connectivity index (χ0) is 17.2. The van der Waals surface area contributed by atoms with Crippen LogP contribution in [0.2, 0.25) is 0 Å². The number of fused-ring (bicyclic) bond motifs is 1. The zero-order valence-electron chi connectivity index (χ0n) is 13.5. The molecule has 0 saturated heterocycles. The van der Waals surface area contributed by atoms with Gasteiger partial charge in [0.1, 0.15) is 6.61 Å². The number of halogens is 2. The van der Waals surface area contributed by atoms with Crippen molar-refractivity contribution in [3.05, 3.63) is 29.3 Å². The van der Waals surface area contributed by atoms with Crippen molar-refractivity contribution in [2.45, 2.75) is 31.6 Å². The predicted octanol–water partition coefficient (Wildman–Crippen LogP) is 3.84. The molecule has 130 valence electrons. The summed E-state index contributed by atoms with van der Waals surface area (Å²) in [7, 11) is 1.55. The third-order valence-corrected chi connectivity index (χ3v) is 4.39. The van der Waals surface area contributed by atoms with Crippen molar-refractivity contribution in [2.24, 2.45) is 5.92 Å². The van der Waals surface area contributed by atoms with Crippen LogP contribution in [0.1, 0.15) is 31.2 Å². The van der Waals surface area contributed by atoms with Gasteiger partial charge in [0.15, 0.2) is 11.5 Å². The van der Waals surface area contributed by atoms with Gasteiger partial charge in [-0.25, -0.2) is 13.6 Å². The fourth-order valence-electron chi connectivity index (χ4n) is 3.16. The van der Waals surface area contributed by atoms with E-state index in [-0.39, 0.29) is 32.0 Å². The average Bonchev–Trinajstić information content (AvgIpc) is 2.57. The van der Waals surface area contributed by atoms with Gasteiger partial charge in [-0.15, -0.1) is 0 Å². The molecule has 1 aromatic carbocycles. The number of esters is 1. The first kappa shape index (κ1) is 16.7. The van der Waals surface area contributed by atoms with Gasteiger partial charge in [-0.1, -0.05) is 12.1 Å². The molecule has 6 heteroatoms. The zero-order valence-corrected chi connectivity index (χ0v) is 13.5. The number of alkyl halides is 2. The quantitative estimate of drug-likeness (QED) is 0.783. The lowest BCUT2D eigenvalue weighted by molar-refractivity contribution is -0.143. The number of carbonyl (C=O) groups excluding carboxylic acids is 1. The number of hydrogen-bond donors (Lipinski definition) is 0. The van der Waals surface area contributed by atoms with Gasteiger partial charge >= 0.3 is 5.97 Å². The molecule has 1 saturated carbocycles. The molecular weight excluding hydrogens is 318 g/mol. The van der Waals surface area contributed by atoms with E-state index in [9.17, 15) is 13.6 Å². The number of benzene rings is 1. The lowest BCUT2D eigenvalue weighted by atomic mass is 9.87. The second kappa shape index (κ2) is 6.79. The van der Waals surface area contributed by atoms with Crippen LogP contribution in [-0.2, 0) is 9.53 Å². The Morgan fingerprint density at radius 1 is 1.42 bits per heavy atom. The summed E-state index contributed by atoms with van der Waals surface area (Å²) in [6.07, 6.45) is 2.54. The Morgan fingerprint density at radius 3 is 3.00 bits per heavy atom. The molecule has 0 spiro atoms. The maximum absolute atomic E-state index is 13.4. The van der Waals surface area contributed by atoms with Crippen molar-refractivity contribution in [2.75, 3.05) is 20.3 Å². The van der Waals surface area contributed by atoms with E-state index in [1.165, 1.54) is 0 Å². The standard InChI is InChI=1S/C18H20F2O4/c1-22-15-6-2-5-13-8-14(11-23-16(13)15)17(21)24-10-12-4-3-7-18(19,20)9-12/h2,5-6,8,12H,3-4,7,9-11H2,1H3. The van der Waals surface area contributed by atoms with E-state index in [4.69, 9.17) is 14.2 Å². The third kappa shape index (κ3) is 3.68. The topological polar surface area (TPSA) is 44.8 Å². The first-order valence-electron chi connectivity index (χ1n) is 8.04. The number of ether oxygens (including phenoxy) is 3. The molecule has 0 bridgehead atoms. The molecule has 1 heterocycles. The van der Waals surface area contributed by atoms with Gasteiger partial charge in [0.25, 0.3) is 0 Å². The number of para-hydroxylation sites is 1. The van der Waals surface area contributed by atoms with Gasteiger partial charge in [0.2, 0.25) is 5.92 Å². The van der Waals surface area contributed by atoms with Gasteiger partial charge in [-0.3, -0.25) is 0 Å². The van der Waals surface area contributed by atoms with Crippen LogP contribution in [0, 0.1) is 5.92 Å². The van der Waals surface area contributed by atoms with Crippen LogP contribution in [0.3, 0.4) is 0 Å². The molecule has 1 atom stereocenters. The van der Waals surface area contributed by atoms with Gasteiger partial charge in [-0.2, -0.15) is 0 Å². The van der Waals surface area contributed by atoms with Crippen molar-refractivity contribution in [1.82, 2.24) is 0 Å². The first-order valence-corrected chi connectivity index (χ1v) is 8.04. The number of methoxy groups -OCH3 is 1. The summed E-state index contributed by atoms with van der Waals surface area (Å²) in [6, 6.07) is 5.39. The maximum Gasteiger partial charge on any atom is 0.337 e. The van der Waals surface area contributed by atoms with Crippen LogP contribution in [0.25, 0.3) is 6.08 Å². The Hall–Kier alpha value is -2.11. The van der Waals surface area contributed by atoms with E-state index >= 15 is 0 Å². The molecule has 0 N–H and O–H groups in total. The number of carbonyl (C=O) groups is 1. The minimum absolute atomic E-state index is 0.0245. The molecule has 1 aliphatic heterocycles. The SMILES string of the molecule is COc1cccc2c1OCC(C(=O)OCC1CCCC(F)(F)C1)=C2. The highest BCUT2D eigenvalue weighted by Gasteiger charge is 2.36. The summed E-state index contributed by atoms with van der Waals surface area (Å²) in [6.45, 7) is 0.101. The smallest absolute Gasteiger partial charge is 0.337 e. The lowest BCUT2D eigenvalue weighted by Crippen LogP contribution is -2.29. The van der Waals surface area contributed by atoms with Crippen molar-refractivity contribution >= 4 is 12.0 Å². The predicted molar refractivity (Wildman–Crippen MR) is 84.3 cm³/mol. The number of hydrogen-bond acceptors (Lipinski definition) is 4. The molecule has 24 heavy (non-hydrogen) atoms. The minimum Gasteiger partial charge on any atom is -0.493 e. The van der Waals surface area contributed by atoms with Crippen molar-refractivity contribution in [3.8, 4) is 11.5 Å². The highest BCUT2D eigenvalue weighted by Crippen LogP contribution is 2.37. The molecule has 1 aromatic rings. The molecule has 4 nitrogen and oxygen atoms in total. The summed E-state index contributed by atoms with van der Waals surface area (Å²) < 4.78 is 42.8. The van der Waals surface area contributed by atoms with Crippen molar-refractivity contribution in [3.63, 3.8) is 0 Å². The van der Waals surface area contributed by atoms with Crippen LogP contribution in [-0.4, -0.2) is 32.2 Å². The van der Waals surface area contributed by atoms with E-state index < -0.39 is 11.9 Å². The van der Waals surface area contributed by atoms with Crippen molar-refractivity contribution < 1.29 is 27.8 Å². The van der Waals surface area contributed by atoms with E-state index in [2.05, 4.69) is 0 Å². The molecule has 1 fully saturated rings. The molecule has 2 aliphatic rings. The Kier molecular flexibility index (Phi) is 4.73.